The van der Waals surface area contributed by atoms with Gasteiger partial charge in [-0.15, -0.1) is 0 Å². The van der Waals surface area contributed by atoms with Gasteiger partial charge in [-0.25, -0.2) is 0 Å². The normalized spacial score (nSPS) is 12.0. The topological polar surface area (TPSA) is 38.0 Å². The van der Waals surface area contributed by atoms with Crippen LogP contribution in [0.2, 0.25) is 0 Å². The molecule has 0 saturated heterocycles. The van der Waals surface area contributed by atoms with Gasteiger partial charge in [0.1, 0.15) is 0 Å². The smallest absolute Gasteiger partial charge is 0.0519 e. The number of rotatable bonds is 2. The Bertz CT molecular complexity index is 510. The van der Waals surface area contributed by atoms with Crippen molar-refractivity contribution >= 4 is 10.8 Å². The van der Waals surface area contributed by atoms with Crippen molar-refractivity contribution in [2.45, 2.75) is 26.3 Å². The number of fused-ring (bicyclic) bond motifs is 1. The van der Waals surface area contributed by atoms with E-state index >= 15 is 0 Å². The molecule has 2 aromatic carbocycles. The van der Waals surface area contributed by atoms with Crippen LogP contribution in [0.5, 0.6) is 0 Å². The van der Waals surface area contributed by atoms with Gasteiger partial charge < -0.3 is 0 Å². The van der Waals surface area contributed by atoms with Crippen LogP contribution in [-0.4, -0.2) is 0 Å². The lowest BCUT2D eigenvalue weighted by atomic mass is 9.88. The molecule has 0 bridgehead atoms. The van der Waals surface area contributed by atoms with Gasteiger partial charge >= 0.3 is 0 Å². The fourth-order valence-corrected chi connectivity index (χ4v) is 2.13. The van der Waals surface area contributed by atoms with Crippen LogP contribution < -0.4 is 11.3 Å². The number of hydrazine groups is 1. The van der Waals surface area contributed by atoms with Gasteiger partial charge in [-0.3, -0.25) is 11.3 Å². The van der Waals surface area contributed by atoms with Gasteiger partial charge in [-0.2, -0.15) is 0 Å². The van der Waals surface area contributed by atoms with E-state index in [0.29, 0.717) is 0 Å². The second-order valence-electron chi connectivity index (χ2n) is 4.75. The average molecular weight is 214 g/mol. The third-order valence-electron chi connectivity index (χ3n) is 3.15. The molecule has 0 fully saturated rings. The Kier molecular flexibility index (Phi) is 2.70. The molecule has 0 heterocycles. The SMILES string of the molecule is Cc1cccc2cccc(C(C)(C)NN)c12. The first-order chi connectivity index (χ1) is 7.56. The van der Waals surface area contributed by atoms with Gasteiger partial charge in [0, 0.05) is 0 Å². The highest BCUT2D eigenvalue weighted by molar-refractivity contribution is 5.89. The molecule has 84 valence electrons. The maximum absolute atomic E-state index is 5.63. The van der Waals surface area contributed by atoms with Crippen LogP contribution in [0.25, 0.3) is 10.8 Å². The lowest BCUT2D eigenvalue weighted by Gasteiger charge is -2.26. The summed E-state index contributed by atoms with van der Waals surface area (Å²) in [4.78, 5) is 0. The molecule has 3 N–H and O–H groups in total. The van der Waals surface area contributed by atoms with Crippen molar-refractivity contribution < 1.29 is 0 Å². The Hall–Kier alpha value is -1.38. The first-order valence-corrected chi connectivity index (χ1v) is 5.53. The molecule has 0 aliphatic heterocycles. The Morgan fingerprint density at radius 1 is 1.06 bits per heavy atom. The minimum atomic E-state index is -0.217. The first kappa shape index (κ1) is 11.1. The summed E-state index contributed by atoms with van der Waals surface area (Å²) in [5, 5.41) is 2.56. The van der Waals surface area contributed by atoms with Crippen LogP contribution in [-0.2, 0) is 5.54 Å². The molecule has 0 unspecified atom stereocenters. The Balaban J connectivity index is 2.80. The molecule has 0 saturated carbocycles. The second kappa shape index (κ2) is 3.89. The van der Waals surface area contributed by atoms with Crippen molar-refractivity contribution in [3.05, 3.63) is 47.5 Å². The molecule has 0 spiro atoms. The van der Waals surface area contributed by atoms with E-state index in [1.165, 1.54) is 21.9 Å². The number of hydrogen-bond donors (Lipinski definition) is 2. The molecular weight excluding hydrogens is 196 g/mol. The molecular formula is C14H18N2. The maximum atomic E-state index is 5.63. The van der Waals surface area contributed by atoms with Crippen molar-refractivity contribution in [1.29, 1.82) is 0 Å². The third-order valence-corrected chi connectivity index (χ3v) is 3.15. The highest BCUT2D eigenvalue weighted by Crippen LogP contribution is 2.29. The predicted molar refractivity (Wildman–Crippen MR) is 69.0 cm³/mol. The van der Waals surface area contributed by atoms with E-state index < -0.39 is 0 Å². The molecule has 16 heavy (non-hydrogen) atoms. The molecule has 0 radical (unpaired) electrons. The number of nitrogens with one attached hydrogen (secondary N) is 1. The lowest BCUT2D eigenvalue weighted by Crippen LogP contribution is -2.41. The summed E-state index contributed by atoms with van der Waals surface area (Å²) in [5.41, 5.74) is 5.19. The monoisotopic (exact) mass is 214 g/mol. The summed E-state index contributed by atoms with van der Waals surface area (Å²) in [7, 11) is 0. The van der Waals surface area contributed by atoms with E-state index in [1.807, 2.05) is 0 Å². The zero-order valence-corrected chi connectivity index (χ0v) is 10.0. The van der Waals surface area contributed by atoms with E-state index in [2.05, 4.69) is 62.6 Å². The van der Waals surface area contributed by atoms with E-state index in [9.17, 15) is 0 Å². The van der Waals surface area contributed by atoms with Gasteiger partial charge in [0.25, 0.3) is 0 Å². The van der Waals surface area contributed by atoms with Crippen LogP contribution in [0, 0.1) is 6.92 Å². The maximum Gasteiger partial charge on any atom is 0.0519 e. The number of hydrogen-bond acceptors (Lipinski definition) is 2. The van der Waals surface area contributed by atoms with E-state index in [0.717, 1.165) is 0 Å². The van der Waals surface area contributed by atoms with E-state index in [1.54, 1.807) is 0 Å². The average Bonchev–Trinajstić information content (AvgIpc) is 2.29. The molecule has 2 heteroatoms. The lowest BCUT2D eigenvalue weighted by molar-refractivity contribution is 0.418. The molecule has 0 aliphatic rings. The molecule has 0 aromatic heterocycles. The summed E-state index contributed by atoms with van der Waals surface area (Å²) in [5.74, 6) is 5.63. The van der Waals surface area contributed by atoms with Crippen molar-refractivity contribution in [3.63, 3.8) is 0 Å². The highest BCUT2D eigenvalue weighted by atomic mass is 15.3. The van der Waals surface area contributed by atoms with Crippen LogP contribution in [0.1, 0.15) is 25.0 Å². The number of aryl methyl sites for hydroxylation is 1. The summed E-state index contributed by atoms with van der Waals surface area (Å²) >= 11 is 0. The quantitative estimate of drug-likeness (QED) is 0.596. The molecule has 0 aliphatic carbocycles. The van der Waals surface area contributed by atoms with Crippen molar-refractivity contribution in [2.24, 2.45) is 5.84 Å². The van der Waals surface area contributed by atoms with Crippen molar-refractivity contribution in [3.8, 4) is 0 Å². The highest BCUT2D eigenvalue weighted by Gasteiger charge is 2.21. The molecule has 2 nitrogen and oxygen atoms in total. The fraction of sp³-hybridized carbons (Fsp3) is 0.286. The first-order valence-electron chi connectivity index (χ1n) is 5.53. The van der Waals surface area contributed by atoms with Crippen molar-refractivity contribution in [1.82, 2.24) is 5.43 Å². The van der Waals surface area contributed by atoms with E-state index in [-0.39, 0.29) is 5.54 Å². The summed E-state index contributed by atoms with van der Waals surface area (Å²) in [6.45, 7) is 6.32. The molecule has 2 rings (SSSR count). The van der Waals surface area contributed by atoms with Gasteiger partial charge in [0.15, 0.2) is 0 Å². The zero-order chi connectivity index (χ0) is 11.8. The largest absolute Gasteiger partial charge is 0.271 e. The van der Waals surface area contributed by atoms with Crippen LogP contribution in [0.15, 0.2) is 36.4 Å². The van der Waals surface area contributed by atoms with Gasteiger partial charge in [-0.1, -0.05) is 36.4 Å². The van der Waals surface area contributed by atoms with Crippen LogP contribution >= 0.6 is 0 Å². The van der Waals surface area contributed by atoms with E-state index in [4.69, 9.17) is 5.84 Å². The number of nitrogens with two attached hydrogens (primary N) is 1. The third kappa shape index (κ3) is 1.70. The standard InChI is InChI=1S/C14H18N2/c1-10-6-4-7-11-8-5-9-12(13(10)11)14(2,3)16-15/h4-9,16H,15H2,1-3H3. The minimum absolute atomic E-state index is 0.217. The van der Waals surface area contributed by atoms with Crippen LogP contribution in [0.4, 0.5) is 0 Å². The predicted octanol–water partition coefficient (Wildman–Crippen LogP) is 2.85. The second-order valence-corrected chi connectivity index (χ2v) is 4.75. The van der Waals surface area contributed by atoms with Gasteiger partial charge in [0.2, 0.25) is 0 Å². The van der Waals surface area contributed by atoms with Crippen LogP contribution in [0.3, 0.4) is 0 Å². The summed E-state index contributed by atoms with van der Waals surface area (Å²) < 4.78 is 0. The molecule has 0 atom stereocenters. The van der Waals surface area contributed by atoms with Gasteiger partial charge in [-0.05, 0) is 42.7 Å². The fourth-order valence-electron chi connectivity index (χ4n) is 2.13. The summed E-state index contributed by atoms with van der Waals surface area (Å²) in [6, 6.07) is 12.7. The van der Waals surface area contributed by atoms with Gasteiger partial charge in [0.05, 0.1) is 5.54 Å². The van der Waals surface area contributed by atoms with Crippen molar-refractivity contribution in [2.75, 3.05) is 0 Å². The molecule has 0 amide bonds. The molecule has 2 aromatic rings. The zero-order valence-electron chi connectivity index (χ0n) is 10.0. The minimum Gasteiger partial charge on any atom is -0.271 e. The Morgan fingerprint density at radius 2 is 1.69 bits per heavy atom. The Labute approximate surface area is 96.4 Å². The Morgan fingerprint density at radius 3 is 2.31 bits per heavy atom. The number of benzene rings is 2. The summed E-state index contributed by atoms with van der Waals surface area (Å²) in [6.07, 6.45) is 0.